The summed E-state index contributed by atoms with van der Waals surface area (Å²) in [5.74, 6) is 3.21. The summed E-state index contributed by atoms with van der Waals surface area (Å²) in [6.07, 6.45) is 18.6. The first-order chi connectivity index (χ1) is 14.2. The SMILES string of the molecule is C/C=C(/CC[C@@H](C)[C@H]1CCC2=C3C=CC4=CC(=O)CC[C@]4(C)[C@H]3CC[C@@]21C)C(C)C. The van der Waals surface area contributed by atoms with Gasteiger partial charge in [0.2, 0.25) is 0 Å². The summed E-state index contributed by atoms with van der Waals surface area (Å²) >= 11 is 0. The first-order valence-corrected chi connectivity index (χ1v) is 12.5. The summed E-state index contributed by atoms with van der Waals surface area (Å²) in [5.41, 5.74) is 6.91. The van der Waals surface area contributed by atoms with Gasteiger partial charge in [-0.2, -0.15) is 0 Å². The lowest BCUT2D eigenvalue weighted by molar-refractivity contribution is -0.116. The first-order valence-electron chi connectivity index (χ1n) is 12.5. The molecule has 0 heterocycles. The lowest BCUT2D eigenvalue weighted by Gasteiger charge is -2.51. The van der Waals surface area contributed by atoms with E-state index in [-0.39, 0.29) is 5.41 Å². The molecular weight excluding hydrogens is 364 g/mol. The van der Waals surface area contributed by atoms with Gasteiger partial charge in [-0.15, -0.1) is 0 Å². The van der Waals surface area contributed by atoms with Gasteiger partial charge in [-0.3, -0.25) is 4.79 Å². The molecule has 0 spiro atoms. The van der Waals surface area contributed by atoms with Gasteiger partial charge >= 0.3 is 0 Å². The molecule has 1 heteroatoms. The summed E-state index contributed by atoms with van der Waals surface area (Å²) in [6, 6.07) is 0. The van der Waals surface area contributed by atoms with Gasteiger partial charge in [-0.1, -0.05) is 64.0 Å². The number of allylic oxidation sites excluding steroid dienone is 8. The number of carbonyl (C=O) groups is 1. The first kappa shape index (κ1) is 21.8. The smallest absolute Gasteiger partial charge is 0.156 e. The van der Waals surface area contributed by atoms with Crippen molar-refractivity contribution in [2.45, 2.75) is 92.9 Å². The van der Waals surface area contributed by atoms with Crippen molar-refractivity contribution < 1.29 is 4.79 Å². The van der Waals surface area contributed by atoms with Crippen molar-refractivity contribution in [1.82, 2.24) is 0 Å². The number of carbonyl (C=O) groups excluding carboxylic acids is 1. The monoisotopic (exact) mass is 406 g/mol. The summed E-state index contributed by atoms with van der Waals surface area (Å²) in [6.45, 7) is 14.4. The molecule has 4 rings (SSSR count). The molecule has 5 atom stereocenters. The van der Waals surface area contributed by atoms with Gasteiger partial charge < -0.3 is 0 Å². The third kappa shape index (κ3) is 3.41. The minimum atomic E-state index is 0.175. The van der Waals surface area contributed by atoms with E-state index in [1.54, 1.807) is 16.7 Å². The second kappa shape index (κ2) is 7.95. The number of ketones is 1. The molecular formula is C29H42O. The van der Waals surface area contributed by atoms with Crippen molar-refractivity contribution in [1.29, 1.82) is 0 Å². The van der Waals surface area contributed by atoms with Crippen LogP contribution in [0.1, 0.15) is 92.9 Å². The van der Waals surface area contributed by atoms with Crippen LogP contribution >= 0.6 is 0 Å². The normalized spacial score (nSPS) is 37.1. The van der Waals surface area contributed by atoms with Gasteiger partial charge in [0.05, 0.1) is 0 Å². The van der Waals surface area contributed by atoms with Crippen LogP contribution < -0.4 is 0 Å². The van der Waals surface area contributed by atoms with Crippen molar-refractivity contribution in [3.8, 4) is 0 Å². The van der Waals surface area contributed by atoms with Crippen molar-refractivity contribution in [2.75, 3.05) is 0 Å². The largest absolute Gasteiger partial charge is 0.295 e. The zero-order valence-corrected chi connectivity index (χ0v) is 20.2. The highest BCUT2D eigenvalue weighted by molar-refractivity contribution is 5.92. The van der Waals surface area contributed by atoms with Crippen LogP contribution in [-0.4, -0.2) is 5.78 Å². The molecule has 1 saturated carbocycles. The van der Waals surface area contributed by atoms with E-state index in [4.69, 9.17) is 0 Å². The highest BCUT2D eigenvalue weighted by atomic mass is 16.1. The highest BCUT2D eigenvalue weighted by Crippen LogP contribution is 2.63. The van der Waals surface area contributed by atoms with Gasteiger partial charge in [0.15, 0.2) is 5.78 Å². The zero-order valence-electron chi connectivity index (χ0n) is 20.2. The number of fused-ring (bicyclic) bond motifs is 4. The number of rotatable bonds is 5. The maximum Gasteiger partial charge on any atom is 0.156 e. The molecule has 0 bridgehead atoms. The standard InChI is InChI=1S/C29H42O/c1-7-21(19(2)3)9-8-20(4)25-12-13-26-24-11-10-22-18-23(30)14-16-28(22,5)27(24)15-17-29(25,26)6/h7,10-11,18-20,25,27H,8-9,12-17H2,1-6H3/b21-7-/t20-,25-,27+,28+,29-/m1/s1. The number of hydrogen-bond acceptors (Lipinski definition) is 1. The quantitative estimate of drug-likeness (QED) is 0.423. The van der Waals surface area contributed by atoms with Crippen LogP contribution in [0.2, 0.25) is 0 Å². The van der Waals surface area contributed by atoms with Gasteiger partial charge in [0.1, 0.15) is 0 Å². The summed E-state index contributed by atoms with van der Waals surface area (Å²) in [7, 11) is 0. The number of hydrogen-bond donors (Lipinski definition) is 0. The van der Waals surface area contributed by atoms with Crippen molar-refractivity contribution in [3.05, 3.63) is 46.6 Å². The average molecular weight is 407 g/mol. The Labute approximate surface area is 184 Å². The van der Waals surface area contributed by atoms with Crippen LogP contribution in [0.25, 0.3) is 0 Å². The van der Waals surface area contributed by atoms with Crippen LogP contribution in [-0.2, 0) is 4.79 Å². The average Bonchev–Trinajstić information content (AvgIpc) is 3.06. The zero-order chi connectivity index (χ0) is 21.7. The van der Waals surface area contributed by atoms with E-state index < -0.39 is 0 Å². The lowest BCUT2D eigenvalue weighted by Crippen LogP contribution is -2.41. The predicted octanol–water partition coefficient (Wildman–Crippen LogP) is 7.99. The van der Waals surface area contributed by atoms with Crippen molar-refractivity contribution in [3.63, 3.8) is 0 Å². The molecule has 0 aromatic rings. The van der Waals surface area contributed by atoms with Gasteiger partial charge in [0.25, 0.3) is 0 Å². The van der Waals surface area contributed by atoms with Gasteiger partial charge in [-0.25, -0.2) is 0 Å². The van der Waals surface area contributed by atoms with Crippen molar-refractivity contribution >= 4 is 5.78 Å². The fourth-order valence-electron chi connectivity index (χ4n) is 7.63. The summed E-state index contributed by atoms with van der Waals surface area (Å²) in [5, 5.41) is 0. The van der Waals surface area contributed by atoms with E-state index in [1.807, 2.05) is 6.08 Å². The maximum atomic E-state index is 12.0. The third-order valence-electron chi connectivity index (χ3n) is 9.66. The molecule has 0 aromatic carbocycles. The van der Waals surface area contributed by atoms with E-state index in [0.717, 1.165) is 24.7 Å². The molecule has 1 fully saturated rings. The minimum absolute atomic E-state index is 0.175. The van der Waals surface area contributed by atoms with E-state index in [0.29, 0.717) is 23.0 Å². The molecule has 1 nitrogen and oxygen atoms in total. The molecule has 0 aromatic heterocycles. The molecule has 0 saturated heterocycles. The predicted molar refractivity (Wildman–Crippen MR) is 127 cm³/mol. The fraction of sp³-hybridized carbons (Fsp3) is 0.690. The Balaban J connectivity index is 1.60. The topological polar surface area (TPSA) is 17.1 Å². The molecule has 0 N–H and O–H groups in total. The molecule has 164 valence electrons. The molecule has 0 amide bonds. The second-order valence-electron chi connectivity index (χ2n) is 11.4. The van der Waals surface area contributed by atoms with E-state index >= 15 is 0 Å². The molecule has 4 aliphatic rings. The summed E-state index contributed by atoms with van der Waals surface area (Å²) in [4.78, 5) is 12.0. The Kier molecular flexibility index (Phi) is 5.79. The molecule has 0 unspecified atom stereocenters. The Hall–Kier alpha value is -1.37. The Morgan fingerprint density at radius 2 is 1.87 bits per heavy atom. The molecule has 0 aliphatic heterocycles. The van der Waals surface area contributed by atoms with Crippen LogP contribution in [0.5, 0.6) is 0 Å². The van der Waals surface area contributed by atoms with E-state index in [2.05, 4.69) is 59.8 Å². The van der Waals surface area contributed by atoms with Crippen LogP contribution in [0, 0.1) is 34.5 Å². The Bertz CT molecular complexity index is 834. The van der Waals surface area contributed by atoms with E-state index in [9.17, 15) is 4.79 Å². The molecule has 30 heavy (non-hydrogen) atoms. The maximum absolute atomic E-state index is 12.0. The summed E-state index contributed by atoms with van der Waals surface area (Å²) < 4.78 is 0. The highest BCUT2D eigenvalue weighted by Gasteiger charge is 2.53. The Morgan fingerprint density at radius 1 is 1.10 bits per heavy atom. The lowest BCUT2D eigenvalue weighted by atomic mass is 9.53. The minimum Gasteiger partial charge on any atom is -0.295 e. The molecule has 4 aliphatic carbocycles. The van der Waals surface area contributed by atoms with Gasteiger partial charge in [0, 0.05) is 6.42 Å². The second-order valence-corrected chi connectivity index (χ2v) is 11.4. The van der Waals surface area contributed by atoms with E-state index in [1.165, 1.54) is 44.1 Å². The van der Waals surface area contributed by atoms with Gasteiger partial charge in [-0.05, 0) is 104 Å². The van der Waals surface area contributed by atoms with Crippen LogP contribution in [0.15, 0.2) is 46.6 Å². The van der Waals surface area contributed by atoms with Crippen LogP contribution in [0.3, 0.4) is 0 Å². The molecule has 0 radical (unpaired) electrons. The Morgan fingerprint density at radius 3 is 2.57 bits per heavy atom. The third-order valence-corrected chi connectivity index (χ3v) is 9.66. The van der Waals surface area contributed by atoms with Crippen LogP contribution in [0.4, 0.5) is 0 Å². The van der Waals surface area contributed by atoms with Crippen molar-refractivity contribution in [2.24, 2.45) is 34.5 Å². The fourth-order valence-corrected chi connectivity index (χ4v) is 7.63.